The fourth-order valence-corrected chi connectivity index (χ4v) is 3.12. The van der Waals surface area contributed by atoms with E-state index in [4.69, 9.17) is 0 Å². The molecule has 2 heteroatoms. The van der Waals surface area contributed by atoms with E-state index >= 15 is 0 Å². The van der Waals surface area contributed by atoms with Crippen molar-refractivity contribution in [1.29, 1.82) is 0 Å². The number of hydrogen-bond acceptors (Lipinski definition) is 2. The molecule has 3 unspecified atom stereocenters. The van der Waals surface area contributed by atoms with Gasteiger partial charge in [0.05, 0.1) is 0 Å². The second-order valence-electron chi connectivity index (χ2n) is 8.77. The van der Waals surface area contributed by atoms with Gasteiger partial charge in [-0.05, 0) is 29.6 Å². The fourth-order valence-electron chi connectivity index (χ4n) is 3.12. The quantitative estimate of drug-likeness (QED) is 0.819. The van der Waals surface area contributed by atoms with Gasteiger partial charge in [-0.3, -0.25) is 4.90 Å². The Morgan fingerprint density at radius 1 is 1.10 bits per heavy atom. The smallest absolute Gasteiger partial charge is 0.0244 e. The van der Waals surface area contributed by atoms with Crippen LogP contribution in [-0.2, 0) is 0 Å². The Bertz CT molecular complexity index is 278. The van der Waals surface area contributed by atoms with Crippen molar-refractivity contribution in [2.24, 2.45) is 23.2 Å². The molecule has 1 N–H and O–H groups in total. The molecular weight excluding hydrogens is 244 g/mol. The molecule has 20 heavy (non-hydrogen) atoms. The van der Waals surface area contributed by atoms with Crippen molar-refractivity contribution in [3.8, 4) is 0 Å². The maximum atomic E-state index is 3.78. The third-order valence-electron chi connectivity index (χ3n) is 5.05. The van der Waals surface area contributed by atoms with Crippen LogP contribution >= 0.6 is 0 Å². The Morgan fingerprint density at radius 2 is 1.70 bits per heavy atom. The van der Waals surface area contributed by atoms with Crippen LogP contribution in [-0.4, -0.2) is 36.6 Å². The van der Waals surface area contributed by atoms with E-state index in [0.717, 1.165) is 24.3 Å². The monoisotopic (exact) mass is 282 g/mol. The van der Waals surface area contributed by atoms with Gasteiger partial charge in [0.2, 0.25) is 0 Å². The Kier molecular flexibility index (Phi) is 6.53. The van der Waals surface area contributed by atoms with Crippen LogP contribution in [0.15, 0.2) is 0 Å². The average Bonchev–Trinajstić information content (AvgIpc) is 2.26. The van der Waals surface area contributed by atoms with Crippen molar-refractivity contribution >= 4 is 0 Å². The van der Waals surface area contributed by atoms with Crippen LogP contribution in [0.5, 0.6) is 0 Å². The molecule has 1 rings (SSSR count). The van der Waals surface area contributed by atoms with Crippen molar-refractivity contribution in [2.45, 2.75) is 73.9 Å². The van der Waals surface area contributed by atoms with Crippen LogP contribution in [0.2, 0.25) is 0 Å². The zero-order valence-corrected chi connectivity index (χ0v) is 15.2. The molecule has 0 bridgehead atoms. The third-order valence-corrected chi connectivity index (χ3v) is 5.05. The maximum absolute atomic E-state index is 3.78. The Morgan fingerprint density at radius 3 is 2.15 bits per heavy atom. The van der Waals surface area contributed by atoms with Crippen LogP contribution in [0.3, 0.4) is 0 Å². The molecule has 2 nitrogen and oxygen atoms in total. The lowest BCUT2D eigenvalue weighted by Gasteiger charge is -2.45. The van der Waals surface area contributed by atoms with E-state index in [2.05, 4.69) is 65.6 Å². The van der Waals surface area contributed by atoms with Gasteiger partial charge in [0.1, 0.15) is 0 Å². The lowest BCUT2D eigenvalue weighted by molar-refractivity contribution is 0.0573. The molecule has 0 amide bonds. The lowest BCUT2D eigenvalue weighted by atomic mass is 9.81. The van der Waals surface area contributed by atoms with Crippen molar-refractivity contribution in [1.82, 2.24) is 10.2 Å². The number of nitrogens with zero attached hydrogens (tertiary/aromatic N) is 1. The van der Waals surface area contributed by atoms with Crippen LogP contribution in [0.1, 0.15) is 61.8 Å². The Labute approximate surface area is 127 Å². The minimum absolute atomic E-state index is 0.403. The molecule has 1 fully saturated rings. The molecule has 0 spiro atoms. The molecule has 3 atom stereocenters. The molecule has 120 valence electrons. The topological polar surface area (TPSA) is 15.3 Å². The van der Waals surface area contributed by atoms with Crippen molar-refractivity contribution in [3.63, 3.8) is 0 Å². The molecule has 1 saturated heterocycles. The molecule has 0 saturated carbocycles. The number of piperazine rings is 1. The van der Waals surface area contributed by atoms with Crippen LogP contribution in [0, 0.1) is 23.2 Å². The summed E-state index contributed by atoms with van der Waals surface area (Å²) in [6.07, 6.45) is 1.30. The number of hydrogen-bond donors (Lipinski definition) is 1. The number of nitrogens with one attached hydrogen (secondary N) is 1. The summed E-state index contributed by atoms with van der Waals surface area (Å²) in [5.41, 5.74) is 0.403. The van der Waals surface area contributed by atoms with Crippen molar-refractivity contribution in [2.75, 3.05) is 19.6 Å². The molecule has 0 aliphatic carbocycles. The SMILES string of the molecule is CC(C)CC1CN(CC(C)C(C)(C)C)C(C(C)C)CN1. The van der Waals surface area contributed by atoms with E-state index < -0.39 is 0 Å². The highest BCUT2D eigenvalue weighted by molar-refractivity contribution is 4.89. The maximum Gasteiger partial charge on any atom is 0.0244 e. The molecule has 1 heterocycles. The Hall–Kier alpha value is -0.0800. The molecule has 0 radical (unpaired) electrons. The van der Waals surface area contributed by atoms with Gasteiger partial charge in [-0.2, -0.15) is 0 Å². The highest BCUT2D eigenvalue weighted by Gasteiger charge is 2.32. The highest BCUT2D eigenvalue weighted by Crippen LogP contribution is 2.28. The van der Waals surface area contributed by atoms with Gasteiger partial charge >= 0.3 is 0 Å². The molecule has 0 aromatic heterocycles. The largest absolute Gasteiger partial charge is 0.311 e. The molecule has 0 aromatic rings. The van der Waals surface area contributed by atoms with E-state index in [0.29, 0.717) is 17.5 Å². The summed E-state index contributed by atoms with van der Waals surface area (Å²) in [6, 6.07) is 1.38. The summed E-state index contributed by atoms with van der Waals surface area (Å²) < 4.78 is 0. The summed E-state index contributed by atoms with van der Waals surface area (Å²) in [5.74, 6) is 2.25. The van der Waals surface area contributed by atoms with E-state index in [1.54, 1.807) is 0 Å². The first kappa shape index (κ1) is 18.0. The lowest BCUT2D eigenvalue weighted by Crippen LogP contribution is -2.59. The van der Waals surface area contributed by atoms with Crippen molar-refractivity contribution < 1.29 is 0 Å². The van der Waals surface area contributed by atoms with Gasteiger partial charge in [0, 0.05) is 31.7 Å². The summed E-state index contributed by atoms with van der Waals surface area (Å²) in [6.45, 7) is 22.5. The van der Waals surface area contributed by atoms with Gasteiger partial charge < -0.3 is 5.32 Å². The predicted octanol–water partition coefficient (Wildman–Crippen LogP) is 4.01. The summed E-state index contributed by atoms with van der Waals surface area (Å²) in [4.78, 5) is 2.77. The third kappa shape index (κ3) is 5.37. The fraction of sp³-hybridized carbons (Fsp3) is 1.00. The zero-order valence-electron chi connectivity index (χ0n) is 15.2. The first-order chi connectivity index (χ1) is 9.11. The van der Waals surface area contributed by atoms with E-state index in [-0.39, 0.29) is 0 Å². The first-order valence-electron chi connectivity index (χ1n) is 8.58. The Balaban J connectivity index is 2.68. The molecule has 0 aromatic carbocycles. The highest BCUT2D eigenvalue weighted by atomic mass is 15.2. The second-order valence-corrected chi connectivity index (χ2v) is 8.77. The molecule has 1 aliphatic rings. The second kappa shape index (κ2) is 7.26. The van der Waals surface area contributed by atoms with E-state index in [9.17, 15) is 0 Å². The number of rotatable bonds is 5. The minimum Gasteiger partial charge on any atom is -0.311 e. The zero-order chi connectivity index (χ0) is 15.5. The summed E-state index contributed by atoms with van der Waals surface area (Å²) >= 11 is 0. The normalized spacial score (nSPS) is 27.3. The van der Waals surface area contributed by atoms with Crippen molar-refractivity contribution in [3.05, 3.63) is 0 Å². The van der Waals surface area contributed by atoms with Crippen LogP contribution in [0.25, 0.3) is 0 Å². The van der Waals surface area contributed by atoms with E-state index in [1.807, 2.05) is 0 Å². The van der Waals surface area contributed by atoms with Crippen LogP contribution in [0.4, 0.5) is 0 Å². The summed E-state index contributed by atoms with van der Waals surface area (Å²) in [7, 11) is 0. The van der Waals surface area contributed by atoms with Gasteiger partial charge in [0.15, 0.2) is 0 Å². The van der Waals surface area contributed by atoms with Gasteiger partial charge in [0.25, 0.3) is 0 Å². The average molecular weight is 283 g/mol. The van der Waals surface area contributed by atoms with Gasteiger partial charge in [-0.15, -0.1) is 0 Å². The van der Waals surface area contributed by atoms with E-state index in [1.165, 1.54) is 19.5 Å². The molecular formula is C18H38N2. The van der Waals surface area contributed by atoms with Gasteiger partial charge in [-0.25, -0.2) is 0 Å². The van der Waals surface area contributed by atoms with Crippen LogP contribution < -0.4 is 5.32 Å². The first-order valence-corrected chi connectivity index (χ1v) is 8.58. The summed E-state index contributed by atoms with van der Waals surface area (Å²) in [5, 5.41) is 3.78. The van der Waals surface area contributed by atoms with Gasteiger partial charge in [-0.1, -0.05) is 55.4 Å². The minimum atomic E-state index is 0.403. The predicted molar refractivity (Wildman–Crippen MR) is 90.1 cm³/mol. The molecule has 1 aliphatic heterocycles. The standard InChI is InChI=1S/C18H38N2/c1-13(2)9-16-12-20(11-15(5)18(6,7)8)17(10-19-16)14(3)4/h13-17,19H,9-12H2,1-8H3.